The number of carbonyl (C=O) groups excluding carboxylic acids is 2. The molecule has 0 saturated carbocycles. The number of aromatic nitrogens is 2. The zero-order valence-electron chi connectivity index (χ0n) is 15.0. The number of amides is 2. The second-order valence-corrected chi connectivity index (χ2v) is 6.75. The van der Waals surface area contributed by atoms with Crippen molar-refractivity contribution in [3.63, 3.8) is 0 Å². The van der Waals surface area contributed by atoms with Crippen LogP contribution in [0.5, 0.6) is 0 Å². The Morgan fingerprint density at radius 2 is 1.92 bits per heavy atom. The normalized spacial score (nSPS) is 16.0. The fourth-order valence-corrected chi connectivity index (χ4v) is 3.43. The van der Waals surface area contributed by atoms with Gasteiger partial charge >= 0.3 is 0 Å². The lowest BCUT2D eigenvalue weighted by atomic mass is 10.1. The van der Waals surface area contributed by atoms with E-state index in [9.17, 15) is 9.59 Å². The van der Waals surface area contributed by atoms with Crippen molar-refractivity contribution in [2.75, 3.05) is 13.1 Å². The lowest BCUT2D eigenvalue weighted by Gasteiger charge is -2.29. The van der Waals surface area contributed by atoms with E-state index in [1.807, 2.05) is 40.8 Å². The Hall–Kier alpha value is -2.37. The highest BCUT2D eigenvalue weighted by molar-refractivity contribution is 5.87. The maximum atomic E-state index is 12.4. The van der Waals surface area contributed by atoms with Gasteiger partial charge in [-0.25, -0.2) is 0 Å². The summed E-state index contributed by atoms with van der Waals surface area (Å²) in [5, 5.41) is 8.45. The monoisotopic (exact) mass is 342 g/mol. The summed E-state index contributed by atoms with van der Waals surface area (Å²) in [6, 6.07) is 7.53. The van der Waals surface area contributed by atoms with Crippen LogP contribution in [0.25, 0.3) is 10.9 Å². The van der Waals surface area contributed by atoms with Gasteiger partial charge in [0.1, 0.15) is 6.04 Å². The SMILES string of the molecule is Cc1nn(CCC(=O)N[C@@H](C)C(=O)N2CCCCC2)c2ccccc12. The largest absolute Gasteiger partial charge is 0.345 e. The first kappa shape index (κ1) is 17.5. The van der Waals surface area contributed by atoms with Crippen molar-refractivity contribution >= 4 is 22.7 Å². The average molecular weight is 342 g/mol. The molecule has 6 nitrogen and oxygen atoms in total. The van der Waals surface area contributed by atoms with Crippen molar-refractivity contribution in [3.05, 3.63) is 30.0 Å². The zero-order valence-corrected chi connectivity index (χ0v) is 15.0. The molecule has 2 heterocycles. The number of nitrogens with zero attached hydrogens (tertiary/aromatic N) is 3. The molecule has 1 aromatic carbocycles. The van der Waals surface area contributed by atoms with E-state index >= 15 is 0 Å². The molecule has 1 atom stereocenters. The predicted molar refractivity (Wildman–Crippen MR) is 97.1 cm³/mol. The molecular formula is C19H26N4O2. The molecule has 0 unspecified atom stereocenters. The third-order valence-electron chi connectivity index (χ3n) is 4.81. The summed E-state index contributed by atoms with van der Waals surface area (Å²) < 4.78 is 1.86. The van der Waals surface area contributed by atoms with Crippen LogP contribution in [0.4, 0.5) is 0 Å². The van der Waals surface area contributed by atoms with Gasteiger partial charge in [0.25, 0.3) is 0 Å². The summed E-state index contributed by atoms with van der Waals surface area (Å²) in [4.78, 5) is 26.5. The molecule has 1 N–H and O–H groups in total. The molecule has 0 radical (unpaired) electrons. The highest BCUT2D eigenvalue weighted by Crippen LogP contribution is 2.17. The highest BCUT2D eigenvalue weighted by atomic mass is 16.2. The van der Waals surface area contributed by atoms with Crippen LogP contribution in [-0.2, 0) is 16.1 Å². The Kier molecular flexibility index (Phi) is 5.36. The average Bonchev–Trinajstić information content (AvgIpc) is 2.96. The number of likely N-dealkylation sites (tertiary alicyclic amines) is 1. The molecule has 1 aliphatic rings. The molecule has 2 amide bonds. The van der Waals surface area contributed by atoms with Crippen molar-refractivity contribution < 1.29 is 9.59 Å². The second kappa shape index (κ2) is 7.68. The fourth-order valence-electron chi connectivity index (χ4n) is 3.43. The Morgan fingerprint density at radius 1 is 1.20 bits per heavy atom. The topological polar surface area (TPSA) is 67.2 Å². The number of nitrogens with one attached hydrogen (secondary N) is 1. The number of hydrogen-bond acceptors (Lipinski definition) is 3. The van der Waals surface area contributed by atoms with E-state index < -0.39 is 6.04 Å². The van der Waals surface area contributed by atoms with E-state index in [-0.39, 0.29) is 11.8 Å². The standard InChI is InChI=1S/C19H26N4O2/c1-14-16-8-4-5-9-17(16)23(21-14)13-10-18(24)20-15(2)19(25)22-11-6-3-7-12-22/h4-5,8-9,15H,3,6-7,10-13H2,1-2H3,(H,20,24)/t15-/m0/s1. The summed E-state index contributed by atoms with van der Waals surface area (Å²) >= 11 is 0. The molecule has 1 saturated heterocycles. The van der Waals surface area contributed by atoms with Gasteiger partial charge in [-0.05, 0) is 39.2 Å². The van der Waals surface area contributed by atoms with Gasteiger partial charge in [0, 0.05) is 24.9 Å². The molecule has 3 rings (SSSR count). The minimum absolute atomic E-state index is 0.0217. The van der Waals surface area contributed by atoms with Crippen molar-refractivity contribution in [3.8, 4) is 0 Å². The number of para-hydroxylation sites is 1. The predicted octanol–water partition coefficient (Wildman–Crippen LogP) is 2.25. The maximum absolute atomic E-state index is 12.4. The minimum atomic E-state index is -0.471. The van der Waals surface area contributed by atoms with Gasteiger partial charge in [0.05, 0.1) is 17.8 Å². The minimum Gasteiger partial charge on any atom is -0.345 e. The Labute approximate surface area is 148 Å². The van der Waals surface area contributed by atoms with Crippen LogP contribution in [0.15, 0.2) is 24.3 Å². The number of piperidine rings is 1. The van der Waals surface area contributed by atoms with Crippen molar-refractivity contribution in [1.29, 1.82) is 0 Å². The highest BCUT2D eigenvalue weighted by Gasteiger charge is 2.23. The molecule has 1 aromatic heterocycles. The van der Waals surface area contributed by atoms with Gasteiger partial charge in [-0.2, -0.15) is 5.10 Å². The molecule has 25 heavy (non-hydrogen) atoms. The summed E-state index contributed by atoms with van der Waals surface area (Å²) in [5.41, 5.74) is 2.00. The van der Waals surface area contributed by atoms with Crippen LogP contribution in [0.3, 0.4) is 0 Å². The second-order valence-electron chi connectivity index (χ2n) is 6.75. The number of rotatable bonds is 5. The molecule has 0 spiro atoms. The first-order chi connectivity index (χ1) is 12.1. The lowest BCUT2D eigenvalue weighted by Crippen LogP contribution is -2.48. The van der Waals surface area contributed by atoms with E-state index in [1.54, 1.807) is 6.92 Å². The number of hydrogen-bond donors (Lipinski definition) is 1. The van der Waals surface area contributed by atoms with Crippen molar-refractivity contribution in [2.45, 2.75) is 52.1 Å². The van der Waals surface area contributed by atoms with Gasteiger partial charge in [-0.1, -0.05) is 18.2 Å². The van der Waals surface area contributed by atoms with Crippen LogP contribution in [0, 0.1) is 6.92 Å². The zero-order chi connectivity index (χ0) is 17.8. The summed E-state index contributed by atoms with van der Waals surface area (Å²) in [5.74, 6) is -0.0940. The third kappa shape index (κ3) is 4.00. The van der Waals surface area contributed by atoms with E-state index in [0.717, 1.165) is 42.5 Å². The third-order valence-corrected chi connectivity index (χ3v) is 4.81. The Morgan fingerprint density at radius 3 is 2.68 bits per heavy atom. The van der Waals surface area contributed by atoms with Gasteiger partial charge < -0.3 is 10.2 Å². The first-order valence-electron chi connectivity index (χ1n) is 9.06. The van der Waals surface area contributed by atoms with Crippen LogP contribution >= 0.6 is 0 Å². The number of aryl methyl sites for hydroxylation is 2. The van der Waals surface area contributed by atoms with Gasteiger partial charge in [-0.3, -0.25) is 14.3 Å². The molecule has 1 aliphatic heterocycles. The van der Waals surface area contributed by atoms with Gasteiger partial charge in [0.15, 0.2) is 0 Å². The number of fused-ring (bicyclic) bond motifs is 1. The first-order valence-corrected chi connectivity index (χ1v) is 9.06. The number of benzene rings is 1. The van der Waals surface area contributed by atoms with Crippen LogP contribution < -0.4 is 5.32 Å². The van der Waals surface area contributed by atoms with Gasteiger partial charge in [-0.15, -0.1) is 0 Å². The van der Waals surface area contributed by atoms with Crippen molar-refractivity contribution in [1.82, 2.24) is 20.0 Å². The maximum Gasteiger partial charge on any atom is 0.244 e. The molecule has 0 bridgehead atoms. The molecule has 6 heteroatoms. The molecule has 134 valence electrons. The van der Waals surface area contributed by atoms with Crippen LogP contribution in [-0.4, -0.2) is 45.6 Å². The van der Waals surface area contributed by atoms with E-state index in [2.05, 4.69) is 10.4 Å². The lowest BCUT2D eigenvalue weighted by molar-refractivity contribution is -0.136. The van der Waals surface area contributed by atoms with Gasteiger partial charge in [0.2, 0.25) is 11.8 Å². The summed E-state index contributed by atoms with van der Waals surface area (Å²) in [6.07, 6.45) is 3.60. The van der Waals surface area contributed by atoms with Crippen LogP contribution in [0.2, 0.25) is 0 Å². The van der Waals surface area contributed by atoms with E-state index in [1.165, 1.54) is 6.42 Å². The Bertz CT molecular complexity index is 762. The smallest absolute Gasteiger partial charge is 0.244 e. The number of carbonyl (C=O) groups is 2. The molecule has 2 aromatic rings. The van der Waals surface area contributed by atoms with E-state index in [4.69, 9.17) is 0 Å². The summed E-state index contributed by atoms with van der Waals surface area (Å²) in [6.45, 7) is 5.85. The van der Waals surface area contributed by atoms with E-state index in [0.29, 0.717) is 13.0 Å². The van der Waals surface area contributed by atoms with Crippen molar-refractivity contribution in [2.24, 2.45) is 0 Å². The van der Waals surface area contributed by atoms with Crippen LogP contribution in [0.1, 0.15) is 38.3 Å². The molecule has 0 aliphatic carbocycles. The fraction of sp³-hybridized carbons (Fsp3) is 0.526. The molecular weight excluding hydrogens is 316 g/mol. The molecule has 1 fully saturated rings. The summed E-state index contributed by atoms with van der Waals surface area (Å²) in [7, 11) is 0. The Balaban J connectivity index is 1.54. The quantitative estimate of drug-likeness (QED) is 0.906.